The molecule has 1 aliphatic rings. The molecular formula is C19H29BrN2OS. The molecule has 0 aliphatic heterocycles. The second-order valence-corrected chi connectivity index (χ2v) is 7.55. The van der Waals surface area contributed by atoms with Crippen LogP contribution >= 0.6 is 28.7 Å². The third-order valence-electron chi connectivity index (χ3n) is 4.68. The summed E-state index contributed by atoms with van der Waals surface area (Å²) in [6, 6.07) is 8.01. The van der Waals surface area contributed by atoms with E-state index in [1.165, 1.54) is 50.3 Å². The van der Waals surface area contributed by atoms with Crippen molar-refractivity contribution in [2.75, 3.05) is 0 Å². The molecule has 3 N–H and O–H groups in total. The molecular weight excluding hydrogens is 384 g/mol. The Morgan fingerprint density at radius 1 is 1.17 bits per heavy atom. The summed E-state index contributed by atoms with van der Waals surface area (Å²) in [6.45, 7) is 0. The molecule has 0 aromatic heterocycles. The van der Waals surface area contributed by atoms with Crippen molar-refractivity contribution in [3.63, 3.8) is 0 Å². The number of carbonyl (C=O) groups excluding carboxylic acids is 1. The van der Waals surface area contributed by atoms with Crippen LogP contribution < -0.4 is 5.73 Å². The Hall–Kier alpha value is -0.810. The van der Waals surface area contributed by atoms with E-state index in [2.05, 4.69) is 0 Å². The quantitative estimate of drug-likeness (QED) is 0.452. The molecule has 5 heteroatoms. The van der Waals surface area contributed by atoms with Gasteiger partial charge in [-0.2, -0.15) is 0 Å². The van der Waals surface area contributed by atoms with Crippen LogP contribution in [-0.2, 0) is 17.0 Å². The molecule has 134 valence electrons. The molecule has 24 heavy (non-hydrogen) atoms. The van der Waals surface area contributed by atoms with Gasteiger partial charge >= 0.3 is 0 Å². The molecule has 1 aliphatic carbocycles. The number of ketones is 1. The zero-order chi connectivity index (χ0) is 16.5. The summed E-state index contributed by atoms with van der Waals surface area (Å²) in [4.78, 5) is 12.3. The van der Waals surface area contributed by atoms with Crippen molar-refractivity contribution in [3.05, 3.63) is 35.4 Å². The fraction of sp³-hybridized carbons (Fsp3) is 0.579. The van der Waals surface area contributed by atoms with Crippen LogP contribution in [0.1, 0.15) is 62.5 Å². The lowest BCUT2D eigenvalue weighted by atomic mass is 9.85. The van der Waals surface area contributed by atoms with E-state index in [0.717, 1.165) is 23.5 Å². The van der Waals surface area contributed by atoms with E-state index in [4.69, 9.17) is 11.1 Å². The number of nitrogens with two attached hydrogens (primary N) is 1. The average molecular weight is 413 g/mol. The van der Waals surface area contributed by atoms with Gasteiger partial charge in [0.25, 0.3) is 0 Å². The maximum atomic E-state index is 12.3. The highest BCUT2D eigenvalue weighted by molar-refractivity contribution is 8.93. The van der Waals surface area contributed by atoms with Crippen LogP contribution in [0.25, 0.3) is 0 Å². The van der Waals surface area contributed by atoms with Crippen LogP contribution in [0.2, 0.25) is 0 Å². The number of Topliss-reactive ketones (excluding diaryl/α,β-unsaturated/α-hetero) is 1. The largest absolute Gasteiger partial charge is 0.379 e. The number of halogens is 1. The lowest BCUT2D eigenvalue weighted by Crippen LogP contribution is -2.09. The first-order valence-corrected chi connectivity index (χ1v) is 9.69. The van der Waals surface area contributed by atoms with Gasteiger partial charge in [-0.15, -0.1) is 17.0 Å². The van der Waals surface area contributed by atoms with Crippen molar-refractivity contribution in [3.8, 4) is 0 Å². The second kappa shape index (κ2) is 11.7. The van der Waals surface area contributed by atoms with E-state index in [0.29, 0.717) is 24.4 Å². The lowest BCUT2D eigenvalue weighted by molar-refractivity contribution is -0.118. The van der Waals surface area contributed by atoms with Crippen LogP contribution in [0, 0.1) is 11.3 Å². The highest BCUT2D eigenvalue weighted by atomic mass is 79.9. The first-order valence-electron chi connectivity index (χ1n) is 8.70. The van der Waals surface area contributed by atoms with Crippen molar-refractivity contribution in [1.82, 2.24) is 0 Å². The van der Waals surface area contributed by atoms with Crippen LogP contribution in [0.3, 0.4) is 0 Å². The number of hydrogen-bond donors (Lipinski definition) is 2. The number of carbonyl (C=O) groups is 1. The van der Waals surface area contributed by atoms with E-state index in [1.54, 1.807) is 0 Å². The van der Waals surface area contributed by atoms with Gasteiger partial charge in [-0.1, -0.05) is 74.6 Å². The summed E-state index contributed by atoms with van der Waals surface area (Å²) in [7, 11) is 0. The molecule has 1 fully saturated rings. The molecule has 0 saturated heterocycles. The van der Waals surface area contributed by atoms with Crippen molar-refractivity contribution in [2.24, 2.45) is 11.7 Å². The zero-order valence-electron chi connectivity index (χ0n) is 14.3. The number of hydrogen-bond acceptors (Lipinski definition) is 3. The smallest absolute Gasteiger partial charge is 0.151 e. The maximum absolute atomic E-state index is 12.3. The Labute approximate surface area is 160 Å². The Bertz CT molecular complexity index is 530. The summed E-state index contributed by atoms with van der Waals surface area (Å²) in [5.41, 5.74) is 7.61. The molecule has 3 nitrogen and oxygen atoms in total. The fourth-order valence-electron chi connectivity index (χ4n) is 3.39. The number of rotatable bonds is 8. The topological polar surface area (TPSA) is 66.9 Å². The SMILES string of the molecule is Br.N=C(N)SCc1ccccc1CC(=O)CCCC1CCCCC1. The minimum absolute atomic E-state index is 0. The molecule has 0 unspecified atom stereocenters. The number of thioether (sulfide) groups is 1. The Morgan fingerprint density at radius 2 is 1.83 bits per heavy atom. The van der Waals surface area contributed by atoms with Crippen LogP contribution in [0.5, 0.6) is 0 Å². The number of amidine groups is 1. The third kappa shape index (κ3) is 7.84. The number of nitrogens with one attached hydrogen (secondary N) is 1. The molecule has 1 aromatic carbocycles. The summed E-state index contributed by atoms with van der Waals surface area (Å²) in [6.07, 6.45) is 10.3. The standard InChI is InChI=1S/C19H28N2OS.BrH/c20-19(21)23-14-17-11-5-4-10-16(17)13-18(22)12-6-9-15-7-2-1-3-8-15;/h4-5,10-11,15H,1-3,6-9,12-14H2,(H3,20,21);1H. The van der Waals surface area contributed by atoms with Gasteiger partial charge in [0, 0.05) is 18.6 Å². The van der Waals surface area contributed by atoms with E-state index in [1.807, 2.05) is 24.3 Å². The molecule has 1 saturated carbocycles. The van der Waals surface area contributed by atoms with Gasteiger partial charge in [0.1, 0.15) is 5.78 Å². The summed E-state index contributed by atoms with van der Waals surface area (Å²) in [5.74, 6) is 1.86. The highest BCUT2D eigenvalue weighted by Crippen LogP contribution is 2.28. The van der Waals surface area contributed by atoms with E-state index in [9.17, 15) is 4.79 Å². The minimum atomic E-state index is 0. The van der Waals surface area contributed by atoms with Gasteiger partial charge in [0.15, 0.2) is 5.17 Å². The molecule has 0 amide bonds. The second-order valence-electron chi connectivity index (χ2n) is 6.53. The van der Waals surface area contributed by atoms with Gasteiger partial charge in [-0.25, -0.2) is 0 Å². The Kier molecular flexibility index (Phi) is 10.3. The predicted octanol–water partition coefficient (Wildman–Crippen LogP) is 5.25. The molecule has 0 heterocycles. The molecule has 0 spiro atoms. The van der Waals surface area contributed by atoms with Gasteiger partial charge in [0.05, 0.1) is 0 Å². The van der Waals surface area contributed by atoms with Crippen LogP contribution in [-0.4, -0.2) is 11.0 Å². The zero-order valence-corrected chi connectivity index (χ0v) is 16.8. The third-order valence-corrected chi connectivity index (χ3v) is 5.45. The first kappa shape index (κ1) is 21.2. The van der Waals surface area contributed by atoms with Gasteiger partial charge in [0.2, 0.25) is 0 Å². The van der Waals surface area contributed by atoms with E-state index < -0.39 is 0 Å². The van der Waals surface area contributed by atoms with E-state index >= 15 is 0 Å². The summed E-state index contributed by atoms with van der Waals surface area (Å²) >= 11 is 1.31. The average Bonchev–Trinajstić information content (AvgIpc) is 2.55. The predicted molar refractivity (Wildman–Crippen MR) is 109 cm³/mol. The lowest BCUT2D eigenvalue weighted by Gasteiger charge is -2.21. The van der Waals surface area contributed by atoms with Crippen molar-refractivity contribution in [2.45, 2.75) is 63.5 Å². The first-order chi connectivity index (χ1) is 11.1. The van der Waals surface area contributed by atoms with Crippen LogP contribution in [0.4, 0.5) is 0 Å². The Balaban J connectivity index is 0.00000288. The summed E-state index contributed by atoms with van der Waals surface area (Å²) in [5, 5.41) is 7.44. The Morgan fingerprint density at radius 3 is 2.50 bits per heavy atom. The van der Waals surface area contributed by atoms with Gasteiger partial charge in [-0.05, 0) is 23.5 Å². The van der Waals surface area contributed by atoms with E-state index in [-0.39, 0.29) is 22.1 Å². The van der Waals surface area contributed by atoms with Crippen molar-refractivity contribution >= 4 is 39.7 Å². The number of benzene rings is 1. The maximum Gasteiger partial charge on any atom is 0.151 e. The molecule has 0 radical (unpaired) electrons. The monoisotopic (exact) mass is 412 g/mol. The molecule has 0 bridgehead atoms. The van der Waals surface area contributed by atoms with Gasteiger partial charge < -0.3 is 5.73 Å². The highest BCUT2D eigenvalue weighted by Gasteiger charge is 2.14. The van der Waals surface area contributed by atoms with Crippen molar-refractivity contribution < 1.29 is 4.79 Å². The fourth-order valence-corrected chi connectivity index (χ4v) is 3.98. The van der Waals surface area contributed by atoms with Crippen molar-refractivity contribution in [1.29, 1.82) is 5.41 Å². The minimum Gasteiger partial charge on any atom is -0.379 e. The molecule has 2 rings (SSSR count). The molecule has 0 atom stereocenters. The normalized spacial score (nSPS) is 14.8. The van der Waals surface area contributed by atoms with Gasteiger partial charge in [-0.3, -0.25) is 10.2 Å². The van der Waals surface area contributed by atoms with Crippen LogP contribution in [0.15, 0.2) is 24.3 Å². The molecule has 1 aromatic rings. The summed E-state index contributed by atoms with van der Waals surface area (Å²) < 4.78 is 0.